The first-order valence-electron chi connectivity index (χ1n) is 9.60. The Hall–Kier alpha value is -1.30. The van der Waals surface area contributed by atoms with E-state index in [0.29, 0.717) is 5.02 Å². The Kier molecular flexibility index (Phi) is 6.10. The van der Waals surface area contributed by atoms with Crippen LogP contribution in [-0.4, -0.2) is 73.1 Å². The van der Waals surface area contributed by atoms with Gasteiger partial charge >= 0.3 is 6.03 Å². The van der Waals surface area contributed by atoms with E-state index in [9.17, 15) is 4.79 Å². The molecule has 2 heterocycles. The van der Waals surface area contributed by atoms with Crippen molar-refractivity contribution in [2.75, 3.05) is 46.8 Å². The molecule has 5 nitrogen and oxygen atoms in total. The van der Waals surface area contributed by atoms with Crippen molar-refractivity contribution in [2.45, 2.75) is 37.8 Å². The molecule has 6 heteroatoms. The summed E-state index contributed by atoms with van der Waals surface area (Å²) >= 11 is 5.95. The molecule has 3 rings (SSSR count). The summed E-state index contributed by atoms with van der Waals surface area (Å²) in [6.07, 6.45) is 3.30. The summed E-state index contributed by atoms with van der Waals surface area (Å²) in [5.41, 5.74) is 1.28. The number of hydrogen-bond donors (Lipinski definition) is 1. The van der Waals surface area contributed by atoms with Crippen molar-refractivity contribution in [1.29, 1.82) is 0 Å². The lowest BCUT2D eigenvalue weighted by atomic mass is 9.85. The van der Waals surface area contributed by atoms with Crippen LogP contribution in [0.5, 0.6) is 0 Å². The van der Waals surface area contributed by atoms with Crippen LogP contribution in [0.3, 0.4) is 0 Å². The van der Waals surface area contributed by atoms with Gasteiger partial charge in [-0.25, -0.2) is 4.79 Å². The van der Waals surface area contributed by atoms with Gasteiger partial charge in [0.1, 0.15) is 0 Å². The average Bonchev–Trinajstić information content (AvgIpc) is 2.75. The van der Waals surface area contributed by atoms with Crippen molar-refractivity contribution in [3.05, 3.63) is 34.9 Å². The standard InChI is InChI=1S/C20H31ClN4O/c1-16(17-5-7-18(21)8-6-17)22-19(26)25-13-9-20(10-14-25)15-23(2)11-4-12-24(20)3/h5-8,16H,4,9-15H2,1-3H3,(H,22,26)/t16-/m1/s1. The van der Waals surface area contributed by atoms with Crippen molar-refractivity contribution in [1.82, 2.24) is 20.0 Å². The zero-order valence-corrected chi connectivity index (χ0v) is 16.9. The molecule has 0 radical (unpaired) electrons. The molecular formula is C20H31ClN4O. The number of urea groups is 1. The second kappa shape index (κ2) is 8.15. The maximum atomic E-state index is 12.7. The van der Waals surface area contributed by atoms with Crippen LogP contribution < -0.4 is 5.32 Å². The molecule has 144 valence electrons. The fourth-order valence-corrected chi connectivity index (χ4v) is 4.42. The van der Waals surface area contributed by atoms with Gasteiger partial charge in [-0.1, -0.05) is 23.7 Å². The van der Waals surface area contributed by atoms with Crippen LogP contribution in [0.25, 0.3) is 0 Å². The highest BCUT2D eigenvalue weighted by molar-refractivity contribution is 6.30. The second-order valence-corrected chi connectivity index (χ2v) is 8.38. The van der Waals surface area contributed by atoms with Crippen molar-refractivity contribution >= 4 is 17.6 Å². The summed E-state index contributed by atoms with van der Waals surface area (Å²) in [4.78, 5) is 19.6. The molecule has 2 aliphatic heterocycles. The Labute approximate surface area is 162 Å². The largest absolute Gasteiger partial charge is 0.331 e. The number of piperidine rings is 1. The molecule has 2 fully saturated rings. The van der Waals surface area contributed by atoms with Gasteiger partial charge in [0, 0.05) is 30.2 Å². The summed E-state index contributed by atoms with van der Waals surface area (Å²) in [6, 6.07) is 7.67. The minimum absolute atomic E-state index is 0.0256. The van der Waals surface area contributed by atoms with Crippen molar-refractivity contribution in [3.8, 4) is 0 Å². The van der Waals surface area contributed by atoms with E-state index < -0.39 is 0 Å². The van der Waals surface area contributed by atoms with Crippen LogP contribution in [0.1, 0.15) is 37.8 Å². The lowest BCUT2D eigenvalue weighted by Gasteiger charge is -2.47. The molecular weight excluding hydrogens is 348 g/mol. The number of carbonyl (C=O) groups is 1. The van der Waals surface area contributed by atoms with E-state index in [-0.39, 0.29) is 17.6 Å². The van der Waals surface area contributed by atoms with Gasteiger partial charge in [-0.15, -0.1) is 0 Å². The lowest BCUT2D eigenvalue weighted by molar-refractivity contribution is 0.0420. The van der Waals surface area contributed by atoms with Gasteiger partial charge < -0.3 is 15.1 Å². The normalized spacial score (nSPS) is 22.8. The quantitative estimate of drug-likeness (QED) is 0.858. The number of nitrogens with one attached hydrogen (secondary N) is 1. The smallest absolute Gasteiger partial charge is 0.317 e. The first kappa shape index (κ1) is 19.5. The number of hydrogen-bond acceptors (Lipinski definition) is 3. The molecule has 0 unspecified atom stereocenters. The minimum Gasteiger partial charge on any atom is -0.331 e. The number of nitrogens with zero attached hydrogens (tertiary/aromatic N) is 3. The maximum Gasteiger partial charge on any atom is 0.317 e. The van der Waals surface area contributed by atoms with Crippen LogP contribution in [0, 0.1) is 0 Å². The minimum atomic E-state index is -0.0256. The second-order valence-electron chi connectivity index (χ2n) is 7.95. The van der Waals surface area contributed by atoms with Crippen molar-refractivity contribution in [3.63, 3.8) is 0 Å². The third-order valence-electron chi connectivity index (χ3n) is 6.10. The SMILES string of the molecule is C[C@@H](NC(=O)N1CCC2(CC1)CN(C)CCCN2C)c1ccc(Cl)cc1. The van der Waals surface area contributed by atoms with Crippen LogP contribution >= 0.6 is 11.6 Å². The van der Waals surface area contributed by atoms with E-state index in [1.807, 2.05) is 36.1 Å². The van der Waals surface area contributed by atoms with E-state index in [4.69, 9.17) is 11.6 Å². The van der Waals surface area contributed by atoms with Gasteiger partial charge in [0.05, 0.1) is 6.04 Å². The monoisotopic (exact) mass is 378 g/mol. The molecule has 26 heavy (non-hydrogen) atoms. The molecule has 2 saturated heterocycles. The third-order valence-corrected chi connectivity index (χ3v) is 6.35. The Bertz CT molecular complexity index is 613. The number of rotatable bonds is 2. The Morgan fingerprint density at radius 1 is 1.12 bits per heavy atom. The molecule has 1 N–H and O–H groups in total. The molecule has 2 amide bonds. The van der Waals surface area contributed by atoms with Crippen LogP contribution in [-0.2, 0) is 0 Å². The van der Waals surface area contributed by atoms with E-state index in [0.717, 1.165) is 51.1 Å². The number of carbonyl (C=O) groups excluding carboxylic acids is 1. The molecule has 0 saturated carbocycles. The maximum absolute atomic E-state index is 12.7. The summed E-state index contributed by atoms with van der Waals surface area (Å²) in [5.74, 6) is 0. The zero-order valence-electron chi connectivity index (χ0n) is 16.2. The molecule has 0 bridgehead atoms. The zero-order chi connectivity index (χ0) is 18.7. The third kappa shape index (κ3) is 4.33. The molecule has 1 atom stereocenters. The lowest BCUT2D eigenvalue weighted by Crippen LogP contribution is -2.59. The number of halogens is 1. The predicted octanol–water partition coefficient (Wildman–Crippen LogP) is 3.21. The highest BCUT2D eigenvalue weighted by Gasteiger charge is 2.41. The van der Waals surface area contributed by atoms with Gasteiger partial charge in [0.2, 0.25) is 0 Å². The summed E-state index contributed by atoms with van der Waals surface area (Å²) in [7, 11) is 4.46. The van der Waals surface area contributed by atoms with E-state index in [2.05, 4.69) is 29.2 Å². The molecule has 2 aliphatic rings. The van der Waals surface area contributed by atoms with E-state index in [1.54, 1.807) is 0 Å². The van der Waals surface area contributed by atoms with Gasteiger partial charge in [-0.05, 0) is 71.1 Å². The van der Waals surface area contributed by atoms with Gasteiger partial charge in [-0.2, -0.15) is 0 Å². The van der Waals surface area contributed by atoms with Crippen molar-refractivity contribution in [2.24, 2.45) is 0 Å². The first-order valence-corrected chi connectivity index (χ1v) is 9.98. The topological polar surface area (TPSA) is 38.8 Å². The molecule has 1 spiro atoms. The summed E-state index contributed by atoms with van der Waals surface area (Å²) < 4.78 is 0. The highest BCUT2D eigenvalue weighted by Crippen LogP contribution is 2.31. The Balaban J connectivity index is 1.57. The Morgan fingerprint density at radius 2 is 1.77 bits per heavy atom. The molecule has 0 aromatic heterocycles. The van der Waals surface area contributed by atoms with Gasteiger partial charge in [0.15, 0.2) is 0 Å². The highest BCUT2D eigenvalue weighted by atomic mass is 35.5. The number of likely N-dealkylation sites (tertiary alicyclic amines) is 1. The van der Waals surface area contributed by atoms with Crippen molar-refractivity contribution < 1.29 is 4.79 Å². The molecule has 0 aliphatic carbocycles. The van der Waals surface area contributed by atoms with Crippen LogP contribution in [0.4, 0.5) is 4.79 Å². The Morgan fingerprint density at radius 3 is 2.42 bits per heavy atom. The van der Waals surface area contributed by atoms with E-state index in [1.165, 1.54) is 6.42 Å². The van der Waals surface area contributed by atoms with Gasteiger partial charge in [-0.3, -0.25) is 4.90 Å². The molecule has 1 aromatic rings. The predicted molar refractivity (Wildman–Crippen MR) is 107 cm³/mol. The number of amides is 2. The fraction of sp³-hybridized carbons (Fsp3) is 0.650. The van der Waals surface area contributed by atoms with Crippen LogP contribution in [0.2, 0.25) is 5.02 Å². The first-order chi connectivity index (χ1) is 12.4. The van der Waals surface area contributed by atoms with Gasteiger partial charge in [0.25, 0.3) is 0 Å². The molecule has 1 aromatic carbocycles. The van der Waals surface area contributed by atoms with Crippen LogP contribution in [0.15, 0.2) is 24.3 Å². The fourth-order valence-electron chi connectivity index (χ4n) is 4.29. The summed E-state index contributed by atoms with van der Waals surface area (Å²) in [6.45, 7) is 7.05. The number of benzene rings is 1. The summed E-state index contributed by atoms with van der Waals surface area (Å²) in [5, 5.41) is 3.84. The average molecular weight is 379 g/mol. The number of likely N-dealkylation sites (N-methyl/N-ethyl adjacent to an activating group) is 2. The van der Waals surface area contributed by atoms with E-state index >= 15 is 0 Å².